The van der Waals surface area contributed by atoms with E-state index in [-0.39, 0.29) is 5.60 Å². The van der Waals surface area contributed by atoms with Crippen LogP contribution in [-0.2, 0) is 0 Å². The minimum absolute atomic E-state index is 0.340. The van der Waals surface area contributed by atoms with Crippen LogP contribution >= 0.6 is 0 Å². The Balaban J connectivity index is 1.79. The number of hydrogen-bond donors (Lipinski definition) is 1. The van der Waals surface area contributed by atoms with Crippen LogP contribution in [0.4, 0.5) is 0 Å². The molecule has 0 amide bonds. The third kappa shape index (κ3) is 2.46. The summed E-state index contributed by atoms with van der Waals surface area (Å²) in [7, 11) is 0. The average molecular weight is 182 g/mol. The van der Waals surface area contributed by atoms with Crippen LogP contribution in [0.15, 0.2) is 0 Å². The molecule has 13 heavy (non-hydrogen) atoms. The molecule has 2 rings (SSSR count). The van der Waals surface area contributed by atoms with Gasteiger partial charge in [-0.15, -0.1) is 0 Å². The Morgan fingerprint density at radius 2 is 1.92 bits per heavy atom. The van der Waals surface area contributed by atoms with Gasteiger partial charge in [0.05, 0.1) is 5.60 Å². The molecule has 0 bridgehead atoms. The van der Waals surface area contributed by atoms with Gasteiger partial charge in [-0.2, -0.15) is 0 Å². The molecule has 1 nitrogen and oxygen atoms in total. The molecule has 0 spiro atoms. The van der Waals surface area contributed by atoms with Crippen molar-refractivity contribution in [2.24, 2.45) is 11.8 Å². The highest BCUT2D eigenvalue weighted by molar-refractivity contribution is 4.87. The van der Waals surface area contributed by atoms with E-state index in [4.69, 9.17) is 0 Å². The summed E-state index contributed by atoms with van der Waals surface area (Å²) in [6.45, 7) is 2.05. The number of aliphatic hydroxyl groups is 1. The first kappa shape index (κ1) is 9.51. The lowest BCUT2D eigenvalue weighted by atomic mass is 9.74. The predicted octanol–water partition coefficient (Wildman–Crippen LogP) is 3.12. The van der Waals surface area contributed by atoms with E-state index in [2.05, 4.69) is 0 Å². The second-order valence-electron chi connectivity index (χ2n) is 5.32. The van der Waals surface area contributed by atoms with Crippen molar-refractivity contribution >= 4 is 0 Å². The monoisotopic (exact) mass is 182 g/mol. The summed E-state index contributed by atoms with van der Waals surface area (Å²) >= 11 is 0. The highest BCUT2D eigenvalue weighted by Crippen LogP contribution is 2.41. The van der Waals surface area contributed by atoms with Gasteiger partial charge in [-0.25, -0.2) is 0 Å². The van der Waals surface area contributed by atoms with Crippen LogP contribution in [0.25, 0.3) is 0 Å². The molecule has 76 valence electrons. The highest BCUT2D eigenvalue weighted by atomic mass is 16.3. The maximum atomic E-state index is 10.2. The van der Waals surface area contributed by atoms with E-state index < -0.39 is 0 Å². The van der Waals surface area contributed by atoms with Crippen molar-refractivity contribution in [1.82, 2.24) is 0 Å². The Kier molecular flexibility index (Phi) is 2.64. The Morgan fingerprint density at radius 1 is 1.15 bits per heavy atom. The van der Waals surface area contributed by atoms with Gasteiger partial charge < -0.3 is 5.11 Å². The molecule has 1 N–H and O–H groups in total. The van der Waals surface area contributed by atoms with Crippen LogP contribution in [0, 0.1) is 11.8 Å². The summed E-state index contributed by atoms with van der Waals surface area (Å²) in [5, 5.41) is 10.2. The zero-order valence-corrected chi connectivity index (χ0v) is 8.76. The first-order chi connectivity index (χ1) is 6.18. The molecule has 0 heterocycles. The molecule has 0 aliphatic heterocycles. The van der Waals surface area contributed by atoms with Gasteiger partial charge in [0.2, 0.25) is 0 Å². The van der Waals surface area contributed by atoms with Gasteiger partial charge in [0.15, 0.2) is 0 Å². The average Bonchev–Trinajstić information content (AvgIpc) is 2.85. The summed E-state index contributed by atoms with van der Waals surface area (Å²) < 4.78 is 0. The van der Waals surface area contributed by atoms with E-state index in [1.807, 2.05) is 6.92 Å². The molecular formula is C12H22O. The van der Waals surface area contributed by atoms with E-state index in [1.165, 1.54) is 44.9 Å². The van der Waals surface area contributed by atoms with Crippen molar-refractivity contribution in [3.63, 3.8) is 0 Å². The van der Waals surface area contributed by atoms with E-state index in [9.17, 15) is 5.11 Å². The molecule has 2 aliphatic rings. The van der Waals surface area contributed by atoms with E-state index in [1.54, 1.807) is 0 Å². The van der Waals surface area contributed by atoms with Gasteiger partial charge in [-0.1, -0.05) is 32.1 Å². The molecule has 0 aromatic heterocycles. The lowest BCUT2D eigenvalue weighted by Gasteiger charge is -2.37. The highest BCUT2D eigenvalue weighted by Gasteiger charge is 2.35. The van der Waals surface area contributed by atoms with E-state index >= 15 is 0 Å². The normalized spacial score (nSPS) is 40.6. The van der Waals surface area contributed by atoms with Crippen LogP contribution in [0.2, 0.25) is 0 Å². The predicted molar refractivity (Wildman–Crippen MR) is 54.5 cm³/mol. The molecule has 2 saturated carbocycles. The van der Waals surface area contributed by atoms with Gasteiger partial charge in [-0.3, -0.25) is 0 Å². The molecular weight excluding hydrogens is 160 g/mol. The smallest absolute Gasteiger partial charge is 0.0647 e. The quantitative estimate of drug-likeness (QED) is 0.711. The van der Waals surface area contributed by atoms with Crippen molar-refractivity contribution in [1.29, 1.82) is 0 Å². The Hall–Kier alpha value is -0.0400. The van der Waals surface area contributed by atoms with Gasteiger partial charge in [0, 0.05) is 0 Å². The van der Waals surface area contributed by atoms with Crippen molar-refractivity contribution in [3.8, 4) is 0 Å². The van der Waals surface area contributed by atoms with Crippen LogP contribution in [-0.4, -0.2) is 10.7 Å². The van der Waals surface area contributed by atoms with Gasteiger partial charge in [-0.05, 0) is 38.0 Å². The van der Waals surface area contributed by atoms with Crippen molar-refractivity contribution in [3.05, 3.63) is 0 Å². The van der Waals surface area contributed by atoms with Crippen LogP contribution < -0.4 is 0 Å². The second kappa shape index (κ2) is 3.61. The first-order valence-electron chi connectivity index (χ1n) is 5.91. The minimum atomic E-state index is -0.340. The zero-order valence-electron chi connectivity index (χ0n) is 8.76. The minimum Gasteiger partial charge on any atom is -0.390 e. The fourth-order valence-electron chi connectivity index (χ4n) is 2.69. The van der Waals surface area contributed by atoms with Gasteiger partial charge in [0.1, 0.15) is 0 Å². The van der Waals surface area contributed by atoms with E-state index in [0.717, 1.165) is 12.3 Å². The standard InChI is InChI=1S/C12H22O/c1-12(13)9-3-2-4-11(12)8-7-10-5-6-10/h10-11,13H,2-9H2,1H3. The second-order valence-corrected chi connectivity index (χ2v) is 5.32. The fraction of sp³-hybridized carbons (Fsp3) is 1.00. The summed E-state index contributed by atoms with van der Waals surface area (Å²) in [5.41, 5.74) is -0.340. The maximum Gasteiger partial charge on any atom is 0.0647 e. The van der Waals surface area contributed by atoms with Crippen molar-refractivity contribution in [2.75, 3.05) is 0 Å². The summed E-state index contributed by atoms with van der Waals surface area (Å²) in [6, 6.07) is 0. The Morgan fingerprint density at radius 3 is 2.54 bits per heavy atom. The van der Waals surface area contributed by atoms with Crippen LogP contribution in [0.1, 0.15) is 58.3 Å². The molecule has 2 unspecified atom stereocenters. The molecule has 2 aliphatic carbocycles. The molecule has 0 radical (unpaired) electrons. The topological polar surface area (TPSA) is 20.2 Å². The maximum absolute atomic E-state index is 10.2. The summed E-state index contributed by atoms with van der Waals surface area (Å²) in [6.07, 6.45) is 10.4. The third-order valence-corrected chi connectivity index (χ3v) is 3.99. The third-order valence-electron chi connectivity index (χ3n) is 3.99. The first-order valence-corrected chi connectivity index (χ1v) is 5.91. The van der Waals surface area contributed by atoms with Gasteiger partial charge >= 0.3 is 0 Å². The Bertz CT molecular complexity index is 170. The lowest BCUT2D eigenvalue weighted by Crippen LogP contribution is -2.37. The van der Waals surface area contributed by atoms with Crippen molar-refractivity contribution in [2.45, 2.75) is 63.9 Å². The molecule has 0 aromatic carbocycles. The molecule has 2 atom stereocenters. The fourth-order valence-corrected chi connectivity index (χ4v) is 2.69. The van der Waals surface area contributed by atoms with Gasteiger partial charge in [0.25, 0.3) is 0 Å². The summed E-state index contributed by atoms with van der Waals surface area (Å²) in [4.78, 5) is 0. The molecule has 0 aromatic rings. The number of rotatable bonds is 3. The van der Waals surface area contributed by atoms with Crippen LogP contribution in [0.5, 0.6) is 0 Å². The van der Waals surface area contributed by atoms with Crippen molar-refractivity contribution < 1.29 is 5.11 Å². The summed E-state index contributed by atoms with van der Waals surface area (Å²) in [5.74, 6) is 1.62. The Labute approximate surface area is 81.5 Å². The number of hydrogen-bond acceptors (Lipinski definition) is 1. The zero-order chi connectivity index (χ0) is 9.31. The lowest BCUT2D eigenvalue weighted by molar-refractivity contribution is -0.0360. The molecule has 2 fully saturated rings. The SMILES string of the molecule is CC1(O)CCCCC1CCC1CC1. The van der Waals surface area contributed by atoms with Crippen LogP contribution in [0.3, 0.4) is 0 Å². The van der Waals surface area contributed by atoms with E-state index in [0.29, 0.717) is 5.92 Å². The molecule has 1 heteroatoms. The molecule has 0 saturated heterocycles. The largest absolute Gasteiger partial charge is 0.390 e.